The predicted octanol–water partition coefficient (Wildman–Crippen LogP) is -0.0585. The highest BCUT2D eigenvalue weighted by atomic mass is 16.5. The fourth-order valence-electron chi connectivity index (χ4n) is 2.11. The van der Waals surface area contributed by atoms with E-state index < -0.39 is 11.6 Å². The number of rotatable bonds is 4. The summed E-state index contributed by atoms with van der Waals surface area (Å²) in [5.74, 6) is -0.560. The van der Waals surface area contributed by atoms with Gasteiger partial charge in [0.1, 0.15) is 5.60 Å². The summed E-state index contributed by atoms with van der Waals surface area (Å²) in [5.41, 5.74) is -0.931. The van der Waals surface area contributed by atoms with Crippen molar-refractivity contribution in [2.75, 3.05) is 7.11 Å². The SMILES string of the molecule is COC(C(=O)[O-])(C1CC1)C1CC1. The zero-order chi connectivity index (χ0) is 8.77. The number of methoxy groups -OCH3 is 1. The van der Waals surface area contributed by atoms with E-state index in [1.54, 1.807) is 0 Å². The summed E-state index contributed by atoms with van der Waals surface area (Å²) in [4.78, 5) is 11.0. The van der Waals surface area contributed by atoms with Crippen LogP contribution >= 0.6 is 0 Å². The third kappa shape index (κ3) is 0.959. The molecule has 0 spiro atoms. The van der Waals surface area contributed by atoms with Crippen LogP contribution in [0.2, 0.25) is 0 Å². The van der Waals surface area contributed by atoms with E-state index >= 15 is 0 Å². The number of carboxylic acid groups (broad SMARTS) is 1. The van der Waals surface area contributed by atoms with Crippen molar-refractivity contribution in [3.63, 3.8) is 0 Å². The van der Waals surface area contributed by atoms with Gasteiger partial charge in [-0.05, 0) is 37.5 Å². The first kappa shape index (κ1) is 8.05. The molecule has 0 amide bonds. The van der Waals surface area contributed by atoms with Crippen molar-refractivity contribution >= 4 is 5.97 Å². The molecule has 3 heteroatoms. The highest BCUT2D eigenvalue weighted by Gasteiger charge is 2.55. The van der Waals surface area contributed by atoms with Crippen LogP contribution in [0.3, 0.4) is 0 Å². The van der Waals surface area contributed by atoms with Crippen LogP contribution in [0.25, 0.3) is 0 Å². The van der Waals surface area contributed by atoms with Crippen molar-refractivity contribution in [3.05, 3.63) is 0 Å². The largest absolute Gasteiger partial charge is 0.547 e. The second kappa shape index (κ2) is 2.46. The summed E-state index contributed by atoms with van der Waals surface area (Å²) >= 11 is 0. The van der Waals surface area contributed by atoms with E-state index in [4.69, 9.17) is 4.74 Å². The molecule has 0 bridgehead atoms. The van der Waals surface area contributed by atoms with Crippen LogP contribution in [0.15, 0.2) is 0 Å². The molecule has 0 aromatic heterocycles. The van der Waals surface area contributed by atoms with Gasteiger partial charge in [-0.2, -0.15) is 0 Å². The minimum Gasteiger partial charge on any atom is -0.547 e. The molecular formula is C9H13O3-. The maximum absolute atomic E-state index is 11.0. The second-order valence-electron chi connectivity index (χ2n) is 3.83. The Morgan fingerprint density at radius 2 is 1.75 bits per heavy atom. The highest BCUT2D eigenvalue weighted by molar-refractivity contribution is 5.77. The van der Waals surface area contributed by atoms with Gasteiger partial charge in [-0.15, -0.1) is 0 Å². The van der Waals surface area contributed by atoms with Crippen LogP contribution in [-0.2, 0) is 9.53 Å². The fourth-order valence-corrected chi connectivity index (χ4v) is 2.11. The van der Waals surface area contributed by atoms with Gasteiger partial charge in [0.15, 0.2) is 0 Å². The molecule has 0 aromatic rings. The van der Waals surface area contributed by atoms with Crippen molar-refractivity contribution < 1.29 is 14.6 Å². The zero-order valence-corrected chi connectivity index (χ0v) is 7.21. The molecule has 0 saturated heterocycles. The third-order valence-corrected chi connectivity index (χ3v) is 3.02. The number of carboxylic acids is 1. The molecule has 0 radical (unpaired) electrons. The van der Waals surface area contributed by atoms with Gasteiger partial charge < -0.3 is 14.6 Å². The van der Waals surface area contributed by atoms with E-state index in [-0.39, 0.29) is 11.8 Å². The lowest BCUT2D eigenvalue weighted by molar-refractivity contribution is -0.329. The lowest BCUT2D eigenvalue weighted by Gasteiger charge is -2.33. The average molecular weight is 169 g/mol. The number of hydrogen-bond donors (Lipinski definition) is 0. The van der Waals surface area contributed by atoms with E-state index in [9.17, 15) is 9.90 Å². The zero-order valence-electron chi connectivity index (χ0n) is 7.21. The van der Waals surface area contributed by atoms with Crippen molar-refractivity contribution in [1.82, 2.24) is 0 Å². The molecule has 3 nitrogen and oxygen atoms in total. The van der Waals surface area contributed by atoms with Crippen LogP contribution in [0.4, 0.5) is 0 Å². The van der Waals surface area contributed by atoms with E-state index in [0.29, 0.717) is 0 Å². The first-order chi connectivity index (χ1) is 5.71. The molecular weight excluding hydrogens is 156 g/mol. The van der Waals surface area contributed by atoms with E-state index in [2.05, 4.69) is 0 Å². The maximum Gasteiger partial charge on any atom is 0.113 e. The molecule has 68 valence electrons. The molecule has 2 rings (SSSR count). The number of carbonyl (C=O) groups excluding carboxylic acids is 1. The van der Waals surface area contributed by atoms with Gasteiger partial charge in [0.05, 0.1) is 5.97 Å². The fraction of sp³-hybridized carbons (Fsp3) is 0.889. The molecule has 2 fully saturated rings. The number of ether oxygens (including phenoxy) is 1. The summed E-state index contributed by atoms with van der Waals surface area (Å²) in [6.45, 7) is 0. The summed E-state index contributed by atoms with van der Waals surface area (Å²) in [6.07, 6.45) is 3.94. The van der Waals surface area contributed by atoms with Crippen LogP contribution in [0.1, 0.15) is 25.7 Å². The van der Waals surface area contributed by atoms with Crippen molar-refractivity contribution in [2.24, 2.45) is 11.8 Å². The molecule has 0 N–H and O–H groups in total. The Hall–Kier alpha value is -0.570. The first-order valence-electron chi connectivity index (χ1n) is 4.48. The molecule has 0 aromatic carbocycles. The molecule has 2 saturated carbocycles. The number of aliphatic carboxylic acids is 1. The minimum atomic E-state index is -1.00. The molecule has 2 aliphatic carbocycles. The smallest absolute Gasteiger partial charge is 0.113 e. The van der Waals surface area contributed by atoms with Crippen molar-refractivity contribution in [1.29, 1.82) is 0 Å². The molecule has 2 aliphatic rings. The Labute approximate surface area is 71.7 Å². The van der Waals surface area contributed by atoms with Gasteiger partial charge in [0.2, 0.25) is 0 Å². The quantitative estimate of drug-likeness (QED) is 0.592. The lowest BCUT2D eigenvalue weighted by Crippen LogP contribution is -2.53. The molecule has 12 heavy (non-hydrogen) atoms. The van der Waals surface area contributed by atoms with Gasteiger partial charge in [-0.1, -0.05) is 0 Å². The summed E-state index contributed by atoms with van der Waals surface area (Å²) in [5, 5.41) is 11.0. The maximum atomic E-state index is 11.0. The van der Waals surface area contributed by atoms with Crippen LogP contribution in [0.5, 0.6) is 0 Å². The van der Waals surface area contributed by atoms with Crippen molar-refractivity contribution in [3.8, 4) is 0 Å². The number of carbonyl (C=O) groups is 1. The topological polar surface area (TPSA) is 49.4 Å². The monoisotopic (exact) mass is 169 g/mol. The van der Waals surface area contributed by atoms with E-state index in [0.717, 1.165) is 25.7 Å². The first-order valence-corrected chi connectivity index (χ1v) is 4.48. The Bertz CT molecular complexity index is 192. The predicted molar refractivity (Wildman–Crippen MR) is 40.2 cm³/mol. The summed E-state index contributed by atoms with van der Waals surface area (Å²) in [6, 6.07) is 0. The van der Waals surface area contributed by atoms with Gasteiger partial charge in [0.25, 0.3) is 0 Å². The van der Waals surface area contributed by atoms with E-state index in [1.807, 2.05) is 0 Å². The third-order valence-electron chi connectivity index (χ3n) is 3.02. The Balaban J connectivity index is 2.21. The number of hydrogen-bond acceptors (Lipinski definition) is 3. The normalized spacial score (nSPS) is 24.1. The molecule has 0 heterocycles. The Morgan fingerprint density at radius 1 is 1.33 bits per heavy atom. The van der Waals surface area contributed by atoms with Crippen molar-refractivity contribution in [2.45, 2.75) is 31.3 Å². The highest BCUT2D eigenvalue weighted by Crippen LogP contribution is 2.53. The minimum absolute atomic E-state index is 0.222. The Kier molecular flexibility index (Phi) is 1.65. The molecule has 0 unspecified atom stereocenters. The van der Waals surface area contributed by atoms with E-state index in [1.165, 1.54) is 7.11 Å². The van der Waals surface area contributed by atoms with Crippen LogP contribution < -0.4 is 5.11 Å². The summed E-state index contributed by atoms with van der Waals surface area (Å²) < 4.78 is 5.19. The van der Waals surface area contributed by atoms with Gasteiger partial charge >= 0.3 is 0 Å². The van der Waals surface area contributed by atoms with Crippen LogP contribution in [0, 0.1) is 11.8 Å². The van der Waals surface area contributed by atoms with Gasteiger partial charge in [0, 0.05) is 7.11 Å². The molecule has 0 atom stereocenters. The van der Waals surface area contributed by atoms with Crippen LogP contribution in [-0.4, -0.2) is 18.7 Å². The Morgan fingerprint density at radius 3 is 1.92 bits per heavy atom. The van der Waals surface area contributed by atoms with Gasteiger partial charge in [-0.25, -0.2) is 0 Å². The van der Waals surface area contributed by atoms with Gasteiger partial charge in [-0.3, -0.25) is 0 Å². The second-order valence-corrected chi connectivity index (χ2v) is 3.83. The molecule has 0 aliphatic heterocycles. The summed E-state index contributed by atoms with van der Waals surface area (Å²) in [7, 11) is 1.49. The lowest BCUT2D eigenvalue weighted by atomic mass is 9.92. The standard InChI is InChI=1S/C9H14O3/c1-12-9(8(10)11,6-2-3-6)7-4-5-7/h6-7H,2-5H2,1H3,(H,10,11)/p-1. The average Bonchev–Trinajstić information content (AvgIpc) is 2.84.